The van der Waals surface area contributed by atoms with Gasteiger partial charge in [0, 0.05) is 29.6 Å². The first-order valence-electron chi connectivity index (χ1n) is 7.44. The zero-order chi connectivity index (χ0) is 15.1. The lowest BCUT2D eigenvalue weighted by Crippen LogP contribution is -2.40. The van der Waals surface area contributed by atoms with Crippen LogP contribution in [0.25, 0.3) is 0 Å². The van der Waals surface area contributed by atoms with Gasteiger partial charge < -0.3 is 4.90 Å². The molecule has 0 radical (unpaired) electrons. The molecule has 1 spiro atoms. The number of hydrogen-bond donors (Lipinski definition) is 0. The molecule has 1 unspecified atom stereocenters. The number of Topliss-reactive ketones (excluding diaryl/α,β-unsaturated/α-hetero) is 1. The van der Waals surface area contributed by atoms with Crippen LogP contribution in [-0.2, 0) is 4.79 Å². The van der Waals surface area contributed by atoms with Crippen LogP contribution in [0.2, 0.25) is 0 Å². The second-order valence-electron chi connectivity index (χ2n) is 6.93. The molecule has 2 aliphatic rings. The summed E-state index contributed by atoms with van der Waals surface area (Å²) in [4.78, 5) is 14.6. The third kappa shape index (κ3) is 2.35. The van der Waals surface area contributed by atoms with Gasteiger partial charge in [0.25, 0.3) is 0 Å². The van der Waals surface area contributed by atoms with E-state index in [-0.39, 0.29) is 11.2 Å². The Morgan fingerprint density at radius 2 is 1.95 bits per heavy atom. The fourth-order valence-electron chi connectivity index (χ4n) is 3.85. The van der Waals surface area contributed by atoms with Gasteiger partial charge in [0.2, 0.25) is 0 Å². The van der Waals surface area contributed by atoms with Crippen molar-refractivity contribution in [3.8, 4) is 6.07 Å². The summed E-state index contributed by atoms with van der Waals surface area (Å²) in [5, 5.41) is 9.27. The highest BCUT2D eigenvalue weighted by Crippen LogP contribution is 2.48. The molecule has 0 amide bonds. The Morgan fingerprint density at radius 1 is 1.24 bits per heavy atom. The van der Waals surface area contributed by atoms with E-state index in [1.165, 1.54) is 5.69 Å². The van der Waals surface area contributed by atoms with Gasteiger partial charge in [-0.1, -0.05) is 38.1 Å². The fraction of sp³-hybridized carbons (Fsp3) is 0.444. The monoisotopic (exact) mass is 280 g/mol. The Hall–Kier alpha value is -2.08. The summed E-state index contributed by atoms with van der Waals surface area (Å²) in [5.74, 6) is -0.00575. The predicted octanol–water partition coefficient (Wildman–Crippen LogP) is 3.33. The van der Waals surface area contributed by atoms with E-state index < -0.39 is 5.41 Å². The summed E-state index contributed by atoms with van der Waals surface area (Å²) in [6.07, 6.45) is 3.78. The summed E-state index contributed by atoms with van der Waals surface area (Å²) in [7, 11) is 0. The molecular formula is C18H20N2O. The summed E-state index contributed by atoms with van der Waals surface area (Å²) in [6, 6.07) is 12.5. The number of benzene rings is 1. The van der Waals surface area contributed by atoms with Crippen molar-refractivity contribution in [2.75, 3.05) is 18.0 Å². The Bertz CT molecular complexity index is 639. The van der Waals surface area contributed by atoms with Crippen molar-refractivity contribution >= 4 is 11.5 Å². The quantitative estimate of drug-likeness (QED) is 0.792. The smallest absolute Gasteiger partial charge is 0.178 e. The van der Waals surface area contributed by atoms with Gasteiger partial charge in [-0.15, -0.1) is 0 Å². The van der Waals surface area contributed by atoms with Gasteiger partial charge in [0.1, 0.15) is 6.07 Å². The van der Waals surface area contributed by atoms with E-state index in [1.807, 2.05) is 38.1 Å². The van der Waals surface area contributed by atoms with E-state index in [4.69, 9.17) is 0 Å². The fourth-order valence-corrected chi connectivity index (χ4v) is 3.85. The first-order valence-corrected chi connectivity index (χ1v) is 7.44. The van der Waals surface area contributed by atoms with Crippen LogP contribution < -0.4 is 4.90 Å². The molecule has 21 heavy (non-hydrogen) atoms. The van der Waals surface area contributed by atoms with Gasteiger partial charge in [-0.2, -0.15) is 5.26 Å². The minimum atomic E-state index is -0.438. The normalized spacial score (nSPS) is 27.6. The minimum absolute atomic E-state index is 0.00575. The standard InChI is InChI=1S/C18H20N2O/c1-17(2)12-18(10-14(11-19)16(17)21)8-9-20(13-18)15-6-4-3-5-7-15/h3-7,10H,8-9,12-13H2,1-2H3. The number of anilines is 1. The predicted molar refractivity (Wildman–Crippen MR) is 82.8 cm³/mol. The lowest BCUT2D eigenvalue weighted by atomic mass is 9.64. The highest BCUT2D eigenvalue weighted by Gasteiger charge is 2.48. The highest BCUT2D eigenvalue weighted by atomic mass is 16.1. The summed E-state index contributed by atoms with van der Waals surface area (Å²) >= 11 is 0. The average Bonchev–Trinajstić information content (AvgIpc) is 2.87. The molecule has 0 bridgehead atoms. The Morgan fingerprint density at radius 3 is 2.62 bits per heavy atom. The zero-order valence-electron chi connectivity index (χ0n) is 12.6. The maximum absolute atomic E-state index is 12.3. The lowest BCUT2D eigenvalue weighted by Gasteiger charge is -2.38. The van der Waals surface area contributed by atoms with Gasteiger partial charge in [0.15, 0.2) is 5.78 Å². The lowest BCUT2D eigenvalue weighted by molar-refractivity contribution is -0.125. The number of rotatable bonds is 1. The van der Waals surface area contributed by atoms with Crippen LogP contribution in [0.4, 0.5) is 5.69 Å². The van der Waals surface area contributed by atoms with Crippen LogP contribution in [-0.4, -0.2) is 18.9 Å². The minimum Gasteiger partial charge on any atom is -0.371 e. The van der Waals surface area contributed by atoms with Gasteiger partial charge in [0.05, 0.1) is 5.57 Å². The van der Waals surface area contributed by atoms with Crippen molar-refractivity contribution in [1.29, 1.82) is 5.26 Å². The maximum Gasteiger partial charge on any atom is 0.178 e. The van der Waals surface area contributed by atoms with Gasteiger partial charge >= 0.3 is 0 Å². The van der Waals surface area contributed by atoms with E-state index in [0.717, 1.165) is 25.9 Å². The summed E-state index contributed by atoms with van der Waals surface area (Å²) < 4.78 is 0. The van der Waals surface area contributed by atoms with Gasteiger partial charge in [-0.3, -0.25) is 4.79 Å². The number of nitriles is 1. The molecule has 108 valence electrons. The van der Waals surface area contributed by atoms with Crippen LogP contribution in [0.3, 0.4) is 0 Å². The molecule has 1 fully saturated rings. The van der Waals surface area contributed by atoms with E-state index in [9.17, 15) is 10.1 Å². The number of hydrogen-bond acceptors (Lipinski definition) is 3. The highest BCUT2D eigenvalue weighted by molar-refractivity contribution is 6.03. The number of carbonyl (C=O) groups is 1. The Labute approximate surface area is 125 Å². The van der Waals surface area contributed by atoms with Crippen molar-refractivity contribution in [2.45, 2.75) is 26.7 Å². The molecule has 0 saturated carbocycles. The number of carbonyl (C=O) groups excluding carboxylic acids is 1. The molecule has 0 aromatic heterocycles. The van der Waals surface area contributed by atoms with Gasteiger partial charge in [-0.25, -0.2) is 0 Å². The summed E-state index contributed by atoms with van der Waals surface area (Å²) in [6.45, 7) is 5.79. The van der Waals surface area contributed by atoms with E-state index in [2.05, 4.69) is 23.1 Å². The van der Waals surface area contributed by atoms with Crippen LogP contribution in [0, 0.1) is 22.2 Å². The van der Waals surface area contributed by atoms with E-state index in [1.54, 1.807) is 0 Å². The second kappa shape index (κ2) is 4.73. The second-order valence-corrected chi connectivity index (χ2v) is 6.93. The topological polar surface area (TPSA) is 44.1 Å². The van der Waals surface area contributed by atoms with Crippen molar-refractivity contribution in [3.05, 3.63) is 42.0 Å². The number of ketones is 1. The summed E-state index contributed by atoms with van der Waals surface area (Å²) in [5.41, 5.74) is 1.09. The number of nitrogens with zero attached hydrogens (tertiary/aromatic N) is 2. The van der Waals surface area contributed by atoms with E-state index >= 15 is 0 Å². The average molecular weight is 280 g/mol. The van der Waals surface area contributed by atoms with Gasteiger partial charge in [-0.05, 0) is 25.0 Å². The molecule has 1 saturated heterocycles. The SMILES string of the molecule is CC1(C)CC2(C=C(C#N)C1=O)CCN(c1ccccc1)C2. The number of para-hydroxylation sites is 1. The van der Waals surface area contributed by atoms with Crippen molar-refractivity contribution in [2.24, 2.45) is 10.8 Å². The third-order valence-corrected chi connectivity index (χ3v) is 4.73. The zero-order valence-corrected chi connectivity index (χ0v) is 12.6. The first kappa shape index (κ1) is 13.9. The molecule has 3 nitrogen and oxygen atoms in total. The number of allylic oxidation sites excluding steroid dienone is 1. The molecule has 3 heteroatoms. The van der Waals surface area contributed by atoms with Crippen LogP contribution in [0.1, 0.15) is 26.7 Å². The van der Waals surface area contributed by atoms with Crippen molar-refractivity contribution in [1.82, 2.24) is 0 Å². The molecule has 1 heterocycles. The van der Waals surface area contributed by atoms with E-state index in [0.29, 0.717) is 5.57 Å². The van der Waals surface area contributed by atoms with Crippen LogP contribution in [0.15, 0.2) is 42.0 Å². The Balaban J connectivity index is 1.92. The van der Waals surface area contributed by atoms with Crippen molar-refractivity contribution < 1.29 is 4.79 Å². The van der Waals surface area contributed by atoms with Crippen molar-refractivity contribution in [3.63, 3.8) is 0 Å². The van der Waals surface area contributed by atoms with Crippen LogP contribution in [0.5, 0.6) is 0 Å². The molecule has 3 rings (SSSR count). The third-order valence-electron chi connectivity index (χ3n) is 4.73. The Kier molecular flexibility index (Phi) is 3.13. The molecule has 1 aliphatic heterocycles. The molecule has 1 atom stereocenters. The maximum atomic E-state index is 12.3. The molecule has 1 aromatic rings. The molecule has 1 aliphatic carbocycles. The largest absolute Gasteiger partial charge is 0.371 e. The molecular weight excluding hydrogens is 260 g/mol. The first-order chi connectivity index (χ1) is 9.96. The molecule has 0 N–H and O–H groups in total. The van der Waals surface area contributed by atoms with Crippen LogP contribution >= 0.6 is 0 Å². The molecule has 1 aromatic carbocycles.